The van der Waals surface area contributed by atoms with E-state index in [1.807, 2.05) is 0 Å². The molecule has 2 atom stereocenters. The van der Waals surface area contributed by atoms with E-state index in [-0.39, 0.29) is 44.4 Å². The number of nitrogens with zero attached hydrogens (tertiary/aromatic N) is 2. The van der Waals surface area contributed by atoms with E-state index in [4.69, 9.17) is 9.47 Å². The number of nitrogens with one attached hydrogen (secondary N) is 3. The SMILES string of the molecule is CNC(=O)Nc1ccc2c(c1)C(CC(=O)N(Cc1ccc(F)cc1)C1CN(C(=O)OC(C)(C)C)C1)C[C@@]21OC(=O)NC1=O. The number of carbonyl (C=O) groups is 5. The maximum absolute atomic E-state index is 14.0. The summed E-state index contributed by atoms with van der Waals surface area (Å²) in [7, 11) is 1.47. The molecule has 2 saturated heterocycles. The number of hydrogen-bond acceptors (Lipinski definition) is 7. The number of rotatable bonds is 6. The third kappa shape index (κ3) is 6.11. The molecule has 13 heteroatoms. The fourth-order valence-corrected chi connectivity index (χ4v) is 5.69. The first-order valence-corrected chi connectivity index (χ1v) is 14.0. The number of anilines is 1. The number of fused-ring (bicyclic) bond motifs is 2. The van der Waals surface area contributed by atoms with Gasteiger partial charge in [0, 0.05) is 50.8 Å². The Hall–Kier alpha value is -4.68. The monoisotopic (exact) mass is 595 g/mol. The van der Waals surface area contributed by atoms with Crippen LogP contribution >= 0.6 is 0 Å². The van der Waals surface area contributed by atoms with Gasteiger partial charge in [-0.2, -0.15) is 0 Å². The second-order valence-corrected chi connectivity index (χ2v) is 12.0. The average Bonchev–Trinajstić information content (AvgIpc) is 3.36. The maximum atomic E-state index is 14.0. The van der Waals surface area contributed by atoms with Gasteiger partial charge < -0.3 is 29.9 Å². The highest BCUT2D eigenvalue weighted by Crippen LogP contribution is 2.51. The molecule has 3 N–H and O–H groups in total. The highest BCUT2D eigenvalue weighted by molar-refractivity contribution is 6.04. The Morgan fingerprint density at radius 3 is 2.44 bits per heavy atom. The van der Waals surface area contributed by atoms with Crippen molar-refractivity contribution in [3.8, 4) is 0 Å². The van der Waals surface area contributed by atoms with Crippen molar-refractivity contribution in [1.29, 1.82) is 0 Å². The summed E-state index contributed by atoms with van der Waals surface area (Å²) in [5.41, 5.74) is -0.0745. The summed E-state index contributed by atoms with van der Waals surface area (Å²) >= 11 is 0. The standard InChI is InChI=1S/C30H34FN5O7/c1-29(2,3)43-28(41)35-15-21(16-35)36(14-17-5-7-19(31)8-6-17)24(37)11-18-13-30(25(38)34-27(40)42-30)23-10-9-20(12-22(18)23)33-26(39)32-4/h5-10,12,18,21H,11,13-16H2,1-4H3,(H2,32,33,39)(H,34,38,40)/t18?,30-/m1/s1. The summed E-state index contributed by atoms with van der Waals surface area (Å²) in [6.07, 6.45) is -1.36. The van der Waals surface area contributed by atoms with E-state index in [9.17, 15) is 28.4 Å². The molecule has 5 rings (SSSR count). The summed E-state index contributed by atoms with van der Waals surface area (Å²) < 4.78 is 24.6. The molecule has 2 aliphatic heterocycles. The number of urea groups is 1. The molecule has 6 amide bonds. The van der Waals surface area contributed by atoms with E-state index < -0.39 is 47.1 Å². The molecule has 12 nitrogen and oxygen atoms in total. The Morgan fingerprint density at radius 1 is 1.14 bits per heavy atom. The molecule has 0 bridgehead atoms. The third-order valence-corrected chi connectivity index (χ3v) is 7.76. The second-order valence-electron chi connectivity index (χ2n) is 12.0. The Morgan fingerprint density at radius 2 is 1.84 bits per heavy atom. The van der Waals surface area contributed by atoms with Gasteiger partial charge in [0.1, 0.15) is 11.4 Å². The summed E-state index contributed by atoms with van der Waals surface area (Å²) in [4.78, 5) is 66.7. The summed E-state index contributed by atoms with van der Waals surface area (Å²) in [6.45, 7) is 6.01. The number of halogens is 1. The van der Waals surface area contributed by atoms with Crippen molar-refractivity contribution in [3.63, 3.8) is 0 Å². The predicted octanol–water partition coefficient (Wildman–Crippen LogP) is 3.56. The molecule has 0 aromatic heterocycles. The summed E-state index contributed by atoms with van der Waals surface area (Å²) in [5.74, 6) is -1.82. The molecule has 1 aliphatic carbocycles. The number of hydrogen-bond donors (Lipinski definition) is 3. The zero-order chi connectivity index (χ0) is 31.1. The molecule has 1 unspecified atom stereocenters. The first-order valence-electron chi connectivity index (χ1n) is 14.0. The zero-order valence-corrected chi connectivity index (χ0v) is 24.4. The van der Waals surface area contributed by atoms with Gasteiger partial charge in [0.25, 0.3) is 5.91 Å². The van der Waals surface area contributed by atoms with Crippen LogP contribution in [0.3, 0.4) is 0 Å². The van der Waals surface area contributed by atoms with Crippen LogP contribution < -0.4 is 16.0 Å². The van der Waals surface area contributed by atoms with Gasteiger partial charge in [-0.15, -0.1) is 0 Å². The number of imide groups is 1. The van der Waals surface area contributed by atoms with Crippen molar-refractivity contribution in [3.05, 3.63) is 65.0 Å². The number of amides is 6. The smallest absolute Gasteiger partial charge is 0.415 e. The number of carbonyl (C=O) groups excluding carboxylic acids is 5. The van der Waals surface area contributed by atoms with E-state index >= 15 is 0 Å². The van der Waals surface area contributed by atoms with E-state index in [0.717, 1.165) is 0 Å². The van der Waals surface area contributed by atoms with Crippen LogP contribution in [0.5, 0.6) is 0 Å². The van der Waals surface area contributed by atoms with Crippen molar-refractivity contribution in [2.24, 2.45) is 0 Å². The molecule has 228 valence electrons. The fourth-order valence-electron chi connectivity index (χ4n) is 5.69. The first-order chi connectivity index (χ1) is 20.3. The van der Waals surface area contributed by atoms with Crippen LogP contribution in [-0.2, 0) is 31.2 Å². The number of benzene rings is 2. The van der Waals surface area contributed by atoms with Gasteiger partial charge in [0.15, 0.2) is 0 Å². The maximum Gasteiger partial charge on any atom is 0.415 e. The van der Waals surface area contributed by atoms with Crippen molar-refractivity contribution < 1.29 is 37.8 Å². The van der Waals surface area contributed by atoms with E-state index in [1.54, 1.807) is 56.0 Å². The van der Waals surface area contributed by atoms with Gasteiger partial charge in [0.05, 0.1) is 6.04 Å². The number of ether oxygens (including phenoxy) is 2. The minimum atomic E-state index is -1.59. The lowest BCUT2D eigenvalue weighted by molar-refractivity contribution is -0.139. The predicted molar refractivity (Wildman–Crippen MR) is 151 cm³/mol. The van der Waals surface area contributed by atoms with Crippen LogP contribution in [0.1, 0.15) is 56.2 Å². The Kier molecular flexibility index (Phi) is 7.76. The second kappa shape index (κ2) is 11.2. The molecule has 2 aromatic rings. The van der Waals surface area contributed by atoms with Gasteiger partial charge in [-0.25, -0.2) is 18.8 Å². The number of likely N-dealkylation sites (tertiary alicyclic amines) is 1. The molecule has 2 heterocycles. The lowest BCUT2D eigenvalue weighted by atomic mass is 9.93. The lowest BCUT2D eigenvalue weighted by Gasteiger charge is -2.45. The van der Waals surface area contributed by atoms with Crippen molar-refractivity contribution in [2.75, 3.05) is 25.5 Å². The fraction of sp³-hybridized carbons (Fsp3) is 0.433. The minimum absolute atomic E-state index is 0.0359. The van der Waals surface area contributed by atoms with Gasteiger partial charge in [-0.05, 0) is 62.1 Å². The highest BCUT2D eigenvalue weighted by Gasteiger charge is 2.57. The van der Waals surface area contributed by atoms with Crippen molar-refractivity contribution in [1.82, 2.24) is 20.4 Å². The van der Waals surface area contributed by atoms with Gasteiger partial charge >= 0.3 is 18.2 Å². The molecular formula is C30H34FN5O7. The molecule has 0 radical (unpaired) electrons. The van der Waals surface area contributed by atoms with Crippen LogP contribution in [0.2, 0.25) is 0 Å². The summed E-state index contributed by atoms with van der Waals surface area (Å²) in [5, 5.41) is 7.35. The first kappa shape index (κ1) is 29.8. The van der Waals surface area contributed by atoms with E-state index in [1.165, 1.54) is 24.1 Å². The van der Waals surface area contributed by atoms with Crippen LogP contribution in [0.4, 0.5) is 24.5 Å². The van der Waals surface area contributed by atoms with Crippen LogP contribution in [0.25, 0.3) is 0 Å². The molecular weight excluding hydrogens is 561 g/mol. The van der Waals surface area contributed by atoms with Crippen LogP contribution in [0.15, 0.2) is 42.5 Å². The largest absolute Gasteiger partial charge is 0.444 e. The molecule has 2 aromatic carbocycles. The van der Waals surface area contributed by atoms with Crippen LogP contribution in [-0.4, -0.2) is 71.6 Å². The normalized spacial score (nSPS) is 21.0. The molecule has 43 heavy (non-hydrogen) atoms. The van der Waals surface area contributed by atoms with Gasteiger partial charge in [0.2, 0.25) is 11.5 Å². The topological polar surface area (TPSA) is 146 Å². The molecule has 1 spiro atoms. The Labute approximate surface area is 247 Å². The minimum Gasteiger partial charge on any atom is -0.444 e. The highest BCUT2D eigenvalue weighted by atomic mass is 19.1. The van der Waals surface area contributed by atoms with Crippen LogP contribution in [0, 0.1) is 5.82 Å². The zero-order valence-electron chi connectivity index (χ0n) is 24.4. The molecule has 2 fully saturated rings. The third-order valence-electron chi connectivity index (χ3n) is 7.76. The van der Waals surface area contributed by atoms with E-state index in [0.29, 0.717) is 22.4 Å². The quantitative estimate of drug-likeness (QED) is 0.463. The Bertz CT molecular complexity index is 1470. The van der Waals surface area contributed by atoms with Gasteiger partial charge in [-0.3, -0.25) is 14.9 Å². The number of alkyl carbamates (subject to hydrolysis) is 1. The van der Waals surface area contributed by atoms with Crippen molar-refractivity contribution >= 4 is 35.7 Å². The molecule has 0 saturated carbocycles. The Balaban J connectivity index is 1.40. The average molecular weight is 596 g/mol. The van der Waals surface area contributed by atoms with Gasteiger partial charge in [-0.1, -0.05) is 18.2 Å². The van der Waals surface area contributed by atoms with Crippen molar-refractivity contribution in [2.45, 2.75) is 63.3 Å². The lowest BCUT2D eigenvalue weighted by Crippen LogP contribution is -2.62. The summed E-state index contributed by atoms with van der Waals surface area (Å²) in [6, 6.07) is 9.94. The molecule has 3 aliphatic rings. The van der Waals surface area contributed by atoms with E-state index in [2.05, 4.69) is 16.0 Å².